The Balaban J connectivity index is 1.91. The highest BCUT2D eigenvalue weighted by Crippen LogP contribution is 2.15. The Morgan fingerprint density at radius 2 is 2.05 bits per heavy atom. The van der Waals surface area contributed by atoms with E-state index in [0.29, 0.717) is 17.3 Å². The van der Waals surface area contributed by atoms with Crippen LogP contribution >= 0.6 is 0 Å². The van der Waals surface area contributed by atoms with E-state index in [0.717, 1.165) is 19.6 Å². The summed E-state index contributed by atoms with van der Waals surface area (Å²) in [5.74, 6) is -0.368. The van der Waals surface area contributed by atoms with Gasteiger partial charge in [-0.25, -0.2) is 4.39 Å². The zero-order chi connectivity index (χ0) is 13.7. The van der Waals surface area contributed by atoms with Gasteiger partial charge in [0.15, 0.2) is 0 Å². The number of benzene rings is 1. The topological polar surface area (TPSA) is 39.1 Å². The van der Waals surface area contributed by atoms with Gasteiger partial charge in [-0.3, -0.25) is 4.90 Å². The molecule has 1 atom stereocenters. The van der Waals surface area contributed by atoms with Gasteiger partial charge in [0.05, 0.1) is 11.6 Å². The molecule has 1 aliphatic heterocycles. The Bertz CT molecular complexity index is 461. The zero-order valence-corrected chi connectivity index (χ0v) is 11.3. The first kappa shape index (κ1) is 13.8. The molecule has 0 amide bonds. The van der Waals surface area contributed by atoms with Crippen LogP contribution in [0.1, 0.15) is 31.7 Å². The Kier molecular flexibility index (Phi) is 4.75. The van der Waals surface area contributed by atoms with E-state index < -0.39 is 0 Å². The van der Waals surface area contributed by atoms with Crippen LogP contribution in [0.15, 0.2) is 18.2 Å². The van der Waals surface area contributed by atoms with Crippen molar-refractivity contribution in [2.45, 2.75) is 32.2 Å². The number of likely N-dealkylation sites (tertiary alicyclic amines) is 1. The van der Waals surface area contributed by atoms with Crippen molar-refractivity contribution in [3.63, 3.8) is 0 Å². The van der Waals surface area contributed by atoms with Crippen LogP contribution in [0.25, 0.3) is 0 Å². The quantitative estimate of drug-likeness (QED) is 0.905. The SMILES string of the molecule is CC(CNc1cc(F)cc(C#N)c1)N1CCCCC1. The fraction of sp³-hybridized carbons (Fsp3) is 0.533. The summed E-state index contributed by atoms with van der Waals surface area (Å²) in [7, 11) is 0. The van der Waals surface area contributed by atoms with E-state index in [2.05, 4.69) is 17.1 Å². The molecule has 0 aliphatic carbocycles. The first-order valence-electron chi connectivity index (χ1n) is 6.87. The molecule has 19 heavy (non-hydrogen) atoms. The number of hydrogen-bond donors (Lipinski definition) is 1. The van der Waals surface area contributed by atoms with Gasteiger partial charge in [-0.2, -0.15) is 5.26 Å². The van der Waals surface area contributed by atoms with Gasteiger partial charge in [-0.15, -0.1) is 0 Å². The zero-order valence-electron chi connectivity index (χ0n) is 11.3. The largest absolute Gasteiger partial charge is 0.383 e. The van der Waals surface area contributed by atoms with Crippen molar-refractivity contribution in [3.05, 3.63) is 29.6 Å². The first-order valence-corrected chi connectivity index (χ1v) is 6.87. The number of rotatable bonds is 4. The normalized spacial score (nSPS) is 17.7. The molecule has 1 fully saturated rings. The number of anilines is 1. The summed E-state index contributed by atoms with van der Waals surface area (Å²) in [5.41, 5.74) is 1.04. The molecule has 1 aromatic rings. The van der Waals surface area contributed by atoms with E-state index in [1.165, 1.54) is 31.4 Å². The second-order valence-corrected chi connectivity index (χ2v) is 5.17. The average Bonchev–Trinajstić information content (AvgIpc) is 2.45. The van der Waals surface area contributed by atoms with Crippen molar-refractivity contribution in [1.29, 1.82) is 5.26 Å². The summed E-state index contributed by atoms with van der Waals surface area (Å²) in [5, 5.41) is 12.0. The molecule has 4 heteroatoms. The van der Waals surface area contributed by atoms with Crippen LogP contribution in [0.3, 0.4) is 0 Å². The van der Waals surface area contributed by atoms with Crippen molar-refractivity contribution in [3.8, 4) is 6.07 Å². The highest BCUT2D eigenvalue weighted by atomic mass is 19.1. The predicted molar refractivity (Wildman–Crippen MR) is 74.5 cm³/mol. The van der Waals surface area contributed by atoms with E-state index in [-0.39, 0.29) is 5.82 Å². The third kappa shape index (κ3) is 3.93. The van der Waals surface area contributed by atoms with Crippen molar-refractivity contribution >= 4 is 5.69 Å². The molecule has 1 aromatic carbocycles. The van der Waals surface area contributed by atoms with Gasteiger partial charge in [-0.05, 0) is 51.1 Å². The van der Waals surface area contributed by atoms with E-state index >= 15 is 0 Å². The lowest BCUT2D eigenvalue weighted by Gasteiger charge is -2.32. The fourth-order valence-electron chi connectivity index (χ4n) is 2.51. The van der Waals surface area contributed by atoms with Crippen molar-refractivity contribution in [2.75, 3.05) is 25.0 Å². The minimum atomic E-state index is -0.368. The number of halogens is 1. The maximum Gasteiger partial charge on any atom is 0.126 e. The lowest BCUT2D eigenvalue weighted by molar-refractivity contribution is 0.180. The third-order valence-corrected chi connectivity index (χ3v) is 3.64. The van der Waals surface area contributed by atoms with Crippen LogP contribution in [0, 0.1) is 17.1 Å². The van der Waals surface area contributed by atoms with E-state index in [1.807, 2.05) is 6.07 Å². The van der Waals surface area contributed by atoms with Crippen molar-refractivity contribution in [2.24, 2.45) is 0 Å². The Morgan fingerprint density at radius 3 is 2.74 bits per heavy atom. The fourth-order valence-corrected chi connectivity index (χ4v) is 2.51. The summed E-state index contributed by atoms with van der Waals surface area (Å²) in [6, 6.07) is 6.76. The molecule has 0 spiro atoms. The van der Waals surface area contributed by atoms with E-state index in [4.69, 9.17) is 5.26 Å². The smallest absolute Gasteiger partial charge is 0.126 e. The van der Waals surface area contributed by atoms with Crippen molar-refractivity contribution in [1.82, 2.24) is 4.90 Å². The number of nitrogens with one attached hydrogen (secondary N) is 1. The maximum absolute atomic E-state index is 13.3. The van der Waals surface area contributed by atoms with Gasteiger partial charge in [0.25, 0.3) is 0 Å². The molecule has 1 unspecified atom stereocenters. The predicted octanol–water partition coefficient (Wildman–Crippen LogP) is 2.98. The molecule has 1 aliphatic rings. The summed E-state index contributed by atoms with van der Waals surface area (Å²) in [4.78, 5) is 2.46. The molecular formula is C15H20FN3. The molecule has 1 N–H and O–H groups in total. The summed E-state index contributed by atoms with van der Waals surface area (Å²) >= 11 is 0. The molecule has 0 bridgehead atoms. The third-order valence-electron chi connectivity index (χ3n) is 3.64. The van der Waals surface area contributed by atoms with Gasteiger partial charge in [0.2, 0.25) is 0 Å². The first-order chi connectivity index (χ1) is 9.19. The monoisotopic (exact) mass is 261 g/mol. The minimum Gasteiger partial charge on any atom is -0.383 e. The van der Waals surface area contributed by atoms with Crippen LogP contribution in [-0.2, 0) is 0 Å². The van der Waals surface area contributed by atoms with Crippen LogP contribution in [0.2, 0.25) is 0 Å². The van der Waals surface area contributed by atoms with Gasteiger partial charge in [0, 0.05) is 18.3 Å². The summed E-state index contributed by atoms with van der Waals surface area (Å²) < 4.78 is 13.3. The highest BCUT2D eigenvalue weighted by Gasteiger charge is 2.16. The minimum absolute atomic E-state index is 0.355. The van der Waals surface area contributed by atoms with Gasteiger partial charge < -0.3 is 5.32 Å². The molecular weight excluding hydrogens is 241 g/mol. The van der Waals surface area contributed by atoms with Gasteiger partial charge in [0.1, 0.15) is 5.82 Å². The van der Waals surface area contributed by atoms with Crippen LogP contribution < -0.4 is 5.32 Å². The van der Waals surface area contributed by atoms with Crippen molar-refractivity contribution < 1.29 is 4.39 Å². The molecule has 0 radical (unpaired) electrons. The number of hydrogen-bond acceptors (Lipinski definition) is 3. The van der Waals surface area contributed by atoms with Crippen LogP contribution in [-0.4, -0.2) is 30.6 Å². The van der Waals surface area contributed by atoms with Gasteiger partial charge in [-0.1, -0.05) is 6.42 Å². The Labute approximate surface area is 114 Å². The van der Waals surface area contributed by atoms with E-state index in [9.17, 15) is 4.39 Å². The van der Waals surface area contributed by atoms with Crippen LogP contribution in [0.4, 0.5) is 10.1 Å². The lowest BCUT2D eigenvalue weighted by Crippen LogP contribution is -2.41. The average molecular weight is 261 g/mol. The molecule has 1 heterocycles. The number of nitrogens with zero attached hydrogens (tertiary/aromatic N) is 2. The highest BCUT2D eigenvalue weighted by molar-refractivity contribution is 5.49. The molecule has 0 saturated carbocycles. The Hall–Kier alpha value is -1.60. The molecule has 0 aromatic heterocycles. The maximum atomic E-state index is 13.3. The number of nitriles is 1. The second-order valence-electron chi connectivity index (χ2n) is 5.17. The van der Waals surface area contributed by atoms with Gasteiger partial charge >= 0.3 is 0 Å². The lowest BCUT2D eigenvalue weighted by atomic mass is 10.1. The molecule has 3 nitrogen and oxygen atoms in total. The molecule has 102 valence electrons. The second kappa shape index (κ2) is 6.53. The molecule has 2 rings (SSSR count). The van der Waals surface area contributed by atoms with Crippen LogP contribution in [0.5, 0.6) is 0 Å². The summed E-state index contributed by atoms with van der Waals surface area (Å²) in [6.07, 6.45) is 3.86. The summed E-state index contributed by atoms with van der Waals surface area (Å²) in [6.45, 7) is 5.25. The molecule has 1 saturated heterocycles. The van der Waals surface area contributed by atoms with E-state index in [1.54, 1.807) is 6.07 Å². The Morgan fingerprint density at radius 1 is 1.32 bits per heavy atom. The standard InChI is InChI=1S/C15H20FN3/c1-12(19-5-3-2-4-6-19)11-18-15-8-13(10-17)7-14(16)9-15/h7-9,12,18H,2-6,11H2,1H3. The number of piperidine rings is 1.